The Morgan fingerprint density at radius 2 is 1.86 bits per heavy atom. The highest BCUT2D eigenvalue weighted by atomic mass is 32.2. The van der Waals surface area contributed by atoms with Crippen LogP contribution in [0.15, 0.2) is 59.5 Å². The minimum absolute atomic E-state index is 0.0341. The molecule has 196 valence electrons. The molecule has 3 aromatic rings. The van der Waals surface area contributed by atoms with Crippen molar-refractivity contribution in [3.8, 4) is 23.0 Å². The first-order valence-corrected chi connectivity index (χ1v) is 12.9. The van der Waals surface area contributed by atoms with Gasteiger partial charge in [0.15, 0.2) is 23.0 Å². The van der Waals surface area contributed by atoms with E-state index in [1.165, 1.54) is 25.3 Å². The number of nitrogens with one attached hydrogen (secondary N) is 1. The van der Waals surface area contributed by atoms with Gasteiger partial charge in [0.1, 0.15) is 23.9 Å². The molecule has 2 N–H and O–H groups in total. The Morgan fingerprint density at radius 3 is 2.59 bits per heavy atom. The summed E-state index contributed by atoms with van der Waals surface area (Å²) in [5.41, 5.74) is 1.38. The molecule has 11 heteroatoms. The molecule has 0 saturated heterocycles. The summed E-state index contributed by atoms with van der Waals surface area (Å²) in [4.78, 5) is 12.2. The highest BCUT2D eigenvalue weighted by molar-refractivity contribution is 7.87. The summed E-state index contributed by atoms with van der Waals surface area (Å²) >= 11 is 0. The van der Waals surface area contributed by atoms with Crippen molar-refractivity contribution in [3.63, 3.8) is 0 Å². The topological polar surface area (TPSA) is 120 Å². The Morgan fingerprint density at radius 1 is 1.08 bits per heavy atom. The second-order valence-electron chi connectivity index (χ2n) is 8.14. The second-order valence-corrected chi connectivity index (χ2v) is 9.69. The zero-order valence-electron chi connectivity index (χ0n) is 20.0. The van der Waals surface area contributed by atoms with Crippen LogP contribution >= 0.6 is 0 Å². The number of carbonyl (C=O) groups is 1. The number of ether oxygens (including phenoxy) is 3. The molecular formula is C26H26FNO8S. The zero-order valence-corrected chi connectivity index (χ0v) is 20.8. The second kappa shape index (κ2) is 11.5. The van der Waals surface area contributed by atoms with Gasteiger partial charge in [0, 0.05) is 12.1 Å². The van der Waals surface area contributed by atoms with E-state index in [4.69, 9.17) is 18.4 Å². The van der Waals surface area contributed by atoms with Gasteiger partial charge < -0.3 is 28.8 Å². The number of rotatable bonds is 10. The maximum Gasteiger partial charge on any atom is 0.339 e. The van der Waals surface area contributed by atoms with E-state index in [1.54, 1.807) is 6.07 Å². The van der Waals surface area contributed by atoms with E-state index < -0.39 is 27.4 Å². The SMILES string of the molecule is COc1ccc(CC(=O)NCCc2ccc3c(c2)OCCO3)c(CO)c1OS(=O)(=O)c1cccc(F)c1. The molecular weight excluding hydrogens is 505 g/mol. The maximum absolute atomic E-state index is 13.6. The van der Waals surface area contributed by atoms with E-state index in [0.717, 1.165) is 17.7 Å². The lowest BCUT2D eigenvalue weighted by atomic mass is 10.0. The summed E-state index contributed by atoms with van der Waals surface area (Å²) in [7, 11) is -3.14. The van der Waals surface area contributed by atoms with Crippen LogP contribution in [0.4, 0.5) is 4.39 Å². The van der Waals surface area contributed by atoms with Crippen LogP contribution in [0.3, 0.4) is 0 Å². The quantitative estimate of drug-likeness (QED) is 0.383. The van der Waals surface area contributed by atoms with Crippen molar-refractivity contribution in [2.45, 2.75) is 24.3 Å². The monoisotopic (exact) mass is 531 g/mol. The van der Waals surface area contributed by atoms with Crippen LogP contribution in [-0.2, 0) is 34.4 Å². The molecule has 1 heterocycles. The van der Waals surface area contributed by atoms with Gasteiger partial charge in [-0.15, -0.1) is 0 Å². The molecule has 0 aromatic heterocycles. The van der Waals surface area contributed by atoms with Crippen molar-refractivity contribution in [2.75, 3.05) is 26.9 Å². The molecule has 1 aliphatic rings. The molecule has 1 amide bonds. The third kappa shape index (κ3) is 6.30. The molecule has 0 aliphatic carbocycles. The molecule has 0 spiro atoms. The van der Waals surface area contributed by atoms with Gasteiger partial charge in [-0.1, -0.05) is 18.2 Å². The van der Waals surface area contributed by atoms with E-state index in [-0.39, 0.29) is 29.4 Å². The number of hydrogen-bond acceptors (Lipinski definition) is 8. The predicted molar refractivity (Wildman–Crippen MR) is 131 cm³/mol. The molecule has 3 aromatic carbocycles. The number of fused-ring (bicyclic) bond motifs is 1. The normalized spacial score (nSPS) is 12.6. The third-order valence-corrected chi connectivity index (χ3v) is 6.89. The summed E-state index contributed by atoms with van der Waals surface area (Å²) < 4.78 is 60.7. The lowest BCUT2D eigenvalue weighted by Gasteiger charge is -2.19. The highest BCUT2D eigenvalue weighted by Gasteiger charge is 2.24. The first kappa shape index (κ1) is 26.2. The number of benzene rings is 3. The standard InChI is InChI=1S/C26H26FNO8S/c1-33-23-8-6-18(21(16-29)26(23)36-37(31,32)20-4-2-3-19(27)15-20)14-25(30)28-10-9-17-5-7-22-24(13-17)35-12-11-34-22/h2-8,13,15,29H,9-12,14,16H2,1H3,(H,28,30). The van der Waals surface area contributed by atoms with Crippen LogP contribution in [0.1, 0.15) is 16.7 Å². The fourth-order valence-corrected chi connectivity index (χ4v) is 4.84. The Hall–Kier alpha value is -3.83. The number of carbonyl (C=O) groups excluding carboxylic acids is 1. The van der Waals surface area contributed by atoms with Crippen molar-refractivity contribution < 1.29 is 41.1 Å². The summed E-state index contributed by atoms with van der Waals surface area (Å²) in [5.74, 6) is 0.0359. The van der Waals surface area contributed by atoms with Gasteiger partial charge in [-0.2, -0.15) is 8.42 Å². The highest BCUT2D eigenvalue weighted by Crippen LogP contribution is 2.36. The number of halogens is 1. The Labute approximate surface area is 213 Å². The van der Waals surface area contributed by atoms with Crippen LogP contribution in [0, 0.1) is 5.82 Å². The van der Waals surface area contributed by atoms with Crippen LogP contribution in [-0.4, -0.2) is 46.3 Å². The molecule has 9 nitrogen and oxygen atoms in total. The van der Waals surface area contributed by atoms with Crippen LogP contribution in [0.2, 0.25) is 0 Å². The Bertz CT molecular complexity index is 1390. The van der Waals surface area contributed by atoms with Crippen LogP contribution in [0.5, 0.6) is 23.0 Å². The Kier molecular flexibility index (Phi) is 8.14. The maximum atomic E-state index is 13.6. The number of aliphatic hydroxyl groups excluding tert-OH is 1. The van der Waals surface area contributed by atoms with E-state index in [1.807, 2.05) is 18.2 Å². The summed E-state index contributed by atoms with van der Waals surface area (Å²) in [6.45, 7) is 0.718. The minimum atomic E-state index is -4.45. The van der Waals surface area contributed by atoms with Crippen molar-refractivity contribution in [1.29, 1.82) is 0 Å². The summed E-state index contributed by atoms with van der Waals surface area (Å²) in [5, 5.41) is 12.8. The molecule has 0 saturated carbocycles. The average molecular weight is 532 g/mol. The predicted octanol–water partition coefficient (Wildman–Crippen LogP) is 2.77. The van der Waals surface area contributed by atoms with E-state index in [2.05, 4.69) is 5.32 Å². The van der Waals surface area contributed by atoms with E-state index in [0.29, 0.717) is 43.2 Å². The molecule has 0 atom stereocenters. The molecule has 1 aliphatic heterocycles. The molecule has 37 heavy (non-hydrogen) atoms. The summed E-state index contributed by atoms with van der Waals surface area (Å²) in [6, 6.07) is 12.9. The Balaban J connectivity index is 1.46. The van der Waals surface area contributed by atoms with Gasteiger partial charge in [-0.25, -0.2) is 4.39 Å². The largest absolute Gasteiger partial charge is 0.493 e. The fourth-order valence-electron chi connectivity index (χ4n) is 3.84. The average Bonchev–Trinajstić information content (AvgIpc) is 2.88. The molecule has 4 rings (SSSR count). The smallest absolute Gasteiger partial charge is 0.339 e. The van der Waals surface area contributed by atoms with Crippen molar-refractivity contribution in [2.24, 2.45) is 0 Å². The number of hydrogen-bond donors (Lipinski definition) is 2. The van der Waals surface area contributed by atoms with E-state index in [9.17, 15) is 22.7 Å². The molecule has 0 radical (unpaired) electrons. The van der Waals surface area contributed by atoms with Gasteiger partial charge >= 0.3 is 10.1 Å². The van der Waals surface area contributed by atoms with Crippen LogP contribution < -0.4 is 23.7 Å². The van der Waals surface area contributed by atoms with Gasteiger partial charge in [0.2, 0.25) is 5.91 Å². The lowest BCUT2D eigenvalue weighted by Crippen LogP contribution is -2.27. The zero-order chi connectivity index (χ0) is 26.4. The first-order valence-electron chi connectivity index (χ1n) is 11.5. The minimum Gasteiger partial charge on any atom is -0.493 e. The third-order valence-electron chi connectivity index (χ3n) is 5.67. The first-order chi connectivity index (χ1) is 17.8. The van der Waals surface area contributed by atoms with Gasteiger partial charge in [0.25, 0.3) is 0 Å². The van der Waals surface area contributed by atoms with Crippen LogP contribution in [0.25, 0.3) is 0 Å². The number of methoxy groups -OCH3 is 1. The van der Waals surface area contributed by atoms with Gasteiger partial charge in [-0.3, -0.25) is 4.79 Å². The number of amides is 1. The van der Waals surface area contributed by atoms with Crippen molar-refractivity contribution in [3.05, 3.63) is 77.1 Å². The summed E-state index contributed by atoms with van der Waals surface area (Å²) in [6.07, 6.45) is 0.412. The lowest BCUT2D eigenvalue weighted by molar-refractivity contribution is -0.120. The molecule has 0 fully saturated rings. The molecule has 0 unspecified atom stereocenters. The van der Waals surface area contributed by atoms with E-state index >= 15 is 0 Å². The van der Waals surface area contributed by atoms with Gasteiger partial charge in [-0.05, 0) is 53.9 Å². The fraction of sp³-hybridized carbons (Fsp3) is 0.269. The van der Waals surface area contributed by atoms with Crippen molar-refractivity contribution in [1.82, 2.24) is 5.32 Å². The number of aliphatic hydroxyl groups is 1. The molecule has 0 bridgehead atoms. The van der Waals surface area contributed by atoms with Crippen molar-refractivity contribution >= 4 is 16.0 Å². The van der Waals surface area contributed by atoms with Gasteiger partial charge in [0.05, 0.1) is 20.1 Å².